The number of anilines is 2. The molecule has 140 valence electrons. The lowest BCUT2D eigenvalue weighted by Crippen LogP contribution is -2.25. The van der Waals surface area contributed by atoms with Gasteiger partial charge in [-0.15, -0.1) is 11.3 Å². The number of hydrogen-bond donors (Lipinski definition) is 0. The van der Waals surface area contributed by atoms with Gasteiger partial charge < -0.3 is 4.90 Å². The molecule has 1 aliphatic rings. The van der Waals surface area contributed by atoms with Crippen LogP contribution in [0.25, 0.3) is 21.3 Å². The maximum absolute atomic E-state index is 6.34. The van der Waals surface area contributed by atoms with E-state index in [-0.39, 0.29) is 0 Å². The van der Waals surface area contributed by atoms with Crippen LogP contribution in [0.15, 0.2) is 47.8 Å². The lowest BCUT2D eigenvalue weighted by Gasteiger charge is -2.25. The van der Waals surface area contributed by atoms with Crippen LogP contribution in [0.4, 0.5) is 11.5 Å². The van der Waals surface area contributed by atoms with Crippen molar-refractivity contribution >= 4 is 44.7 Å². The minimum atomic E-state index is 0.299. The van der Waals surface area contributed by atoms with Crippen LogP contribution in [-0.2, 0) is 6.42 Å². The fraction of sp³-hybridized carbons (Fsp3) is 0.217. The second-order valence-electron chi connectivity index (χ2n) is 7.50. The minimum absolute atomic E-state index is 0.299. The van der Waals surface area contributed by atoms with Crippen LogP contribution >= 0.6 is 22.9 Å². The molecule has 5 rings (SSSR count). The van der Waals surface area contributed by atoms with E-state index in [0.29, 0.717) is 11.3 Å². The predicted octanol–water partition coefficient (Wildman–Crippen LogP) is 6.71. The van der Waals surface area contributed by atoms with Gasteiger partial charge in [0.2, 0.25) is 5.28 Å². The van der Waals surface area contributed by atoms with Gasteiger partial charge in [0.25, 0.3) is 0 Å². The maximum Gasteiger partial charge on any atom is 0.225 e. The van der Waals surface area contributed by atoms with Crippen molar-refractivity contribution < 1.29 is 0 Å². The molecule has 0 fully saturated rings. The van der Waals surface area contributed by atoms with E-state index in [1.807, 2.05) is 0 Å². The van der Waals surface area contributed by atoms with Crippen LogP contribution in [0.1, 0.15) is 23.6 Å². The number of benzene rings is 2. The van der Waals surface area contributed by atoms with Gasteiger partial charge >= 0.3 is 0 Å². The molecule has 4 aromatic rings. The quantitative estimate of drug-likeness (QED) is 0.347. The Balaban J connectivity index is 1.78. The summed E-state index contributed by atoms with van der Waals surface area (Å²) in [4.78, 5) is 12.5. The molecule has 1 atom stereocenters. The third-order valence-corrected chi connectivity index (χ3v) is 6.68. The first-order valence-corrected chi connectivity index (χ1v) is 10.7. The molecular weight excluding hydrogens is 386 g/mol. The van der Waals surface area contributed by atoms with Crippen molar-refractivity contribution in [3.8, 4) is 11.1 Å². The molecule has 0 radical (unpaired) electrons. The fourth-order valence-corrected chi connectivity index (χ4v) is 5.24. The fourth-order valence-electron chi connectivity index (χ4n) is 4.08. The standard InChI is InChI=1S/C23H20ClN3S/c1-13-8-9-16(10-14(13)2)18-12-28-22-20(18)21(25-23(24)26-22)27-15(3)11-17-6-4-5-7-19(17)27/h4-10,12,15H,11H2,1-3H3. The van der Waals surface area contributed by atoms with Crippen molar-refractivity contribution in [1.82, 2.24) is 9.97 Å². The average Bonchev–Trinajstić information content (AvgIpc) is 3.23. The summed E-state index contributed by atoms with van der Waals surface area (Å²) in [6, 6.07) is 15.5. The molecule has 1 unspecified atom stereocenters. The number of rotatable bonds is 2. The van der Waals surface area contributed by atoms with E-state index in [1.165, 1.54) is 33.5 Å². The summed E-state index contributed by atoms with van der Waals surface area (Å²) < 4.78 is 0. The van der Waals surface area contributed by atoms with E-state index < -0.39 is 0 Å². The monoisotopic (exact) mass is 405 g/mol. The van der Waals surface area contributed by atoms with Gasteiger partial charge in [0.05, 0.1) is 5.39 Å². The number of halogens is 1. The molecule has 3 nitrogen and oxygen atoms in total. The Bertz CT molecular complexity index is 1210. The number of hydrogen-bond acceptors (Lipinski definition) is 4. The molecule has 2 aromatic heterocycles. The summed E-state index contributed by atoms with van der Waals surface area (Å²) in [7, 11) is 0. The molecule has 2 aromatic carbocycles. The molecule has 0 spiro atoms. The van der Waals surface area contributed by atoms with Gasteiger partial charge in [-0.25, -0.2) is 4.98 Å². The molecule has 1 aliphatic heterocycles. The molecule has 0 saturated carbocycles. The third-order valence-electron chi connectivity index (χ3n) is 5.64. The van der Waals surface area contributed by atoms with Gasteiger partial charge in [0, 0.05) is 22.7 Å². The first-order chi connectivity index (χ1) is 13.5. The summed E-state index contributed by atoms with van der Waals surface area (Å²) in [5.41, 5.74) is 7.51. The van der Waals surface area contributed by atoms with Crippen molar-refractivity contribution in [3.63, 3.8) is 0 Å². The lowest BCUT2D eigenvalue weighted by molar-refractivity contribution is 0.752. The molecule has 0 amide bonds. The first kappa shape index (κ1) is 17.7. The highest BCUT2D eigenvalue weighted by atomic mass is 35.5. The summed E-state index contributed by atoms with van der Waals surface area (Å²) in [6.45, 7) is 6.53. The topological polar surface area (TPSA) is 29.0 Å². The number of aryl methyl sites for hydroxylation is 2. The van der Waals surface area contributed by atoms with Crippen LogP contribution in [0.3, 0.4) is 0 Å². The number of para-hydroxylation sites is 1. The Morgan fingerprint density at radius 2 is 1.89 bits per heavy atom. The van der Waals surface area contributed by atoms with Crippen molar-refractivity contribution in [3.05, 3.63) is 69.8 Å². The van der Waals surface area contributed by atoms with E-state index in [0.717, 1.165) is 22.5 Å². The number of aromatic nitrogens is 2. The zero-order valence-corrected chi connectivity index (χ0v) is 17.6. The molecule has 3 heterocycles. The molecule has 0 bridgehead atoms. The summed E-state index contributed by atoms with van der Waals surface area (Å²) in [5.74, 6) is 0.905. The van der Waals surface area contributed by atoms with Crippen molar-refractivity contribution in [2.75, 3.05) is 4.90 Å². The summed E-state index contributed by atoms with van der Waals surface area (Å²) in [5, 5.41) is 3.56. The minimum Gasteiger partial charge on any atom is -0.322 e. The second-order valence-corrected chi connectivity index (χ2v) is 8.69. The Morgan fingerprint density at radius 1 is 1.07 bits per heavy atom. The summed E-state index contributed by atoms with van der Waals surface area (Å²) in [6.07, 6.45) is 1.00. The smallest absolute Gasteiger partial charge is 0.225 e. The van der Waals surface area contributed by atoms with Crippen molar-refractivity contribution in [2.24, 2.45) is 0 Å². The van der Waals surface area contributed by atoms with Crippen molar-refractivity contribution in [2.45, 2.75) is 33.2 Å². The van der Waals surface area contributed by atoms with Gasteiger partial charge in [-0.05, 0) is 67.1 Å². The maximum atomic E-state index is 6.34. The van der Waals surface area contributed by atoms with Gasteiger partial charge in [-0.2, -0.15) is 4.98 Å². The van der Waals surface area contributed by atoms with E-state index in [2.05, 4.69) is 78.5 Å². The van der Waals surface area contributed by atoms with E-state index in [1.54, 1.807) is 11.3 Å². The Labute approximate surface area is 173 Å². The second kappa shape index (κ2) is 6.57. The Hall–Kier alpha value is -2.43. The average molecular weight is 406 g/mol. The highest BCUT2D eigenvalue weighted by Gasteiger charge is 2.30. The zero-order valence-electron chi connectivity index (χ0n) is 16.0. The van der Waals surface area contributed by atoms with Crippen LogP contribution in [0.2, 0.25) is 5.28 Å². The molecule has 28 heavy (non-hydrogen) atoms. The van der Waals surface area contributed by atoms with E-state index in [9.17, 15) is 0 Å². The predicted molar refractivity (Wildman–Crippen MR) is 119 cm³/mol. The van der Waals surface area contributed by atoms with Crippen LogP contribution in [0.5, 0.6) is 0 Å². The molecule has 0 aliphatic carbocycles. The highest BCUT2D eigenvalue weighted by molar-refractivity contribution is 7.17. The normalized spacial score (nSPS) is 16.0. The lowest BCUT2D eigenvalue weighted by atomic mass is 10.0. The SMILES string of the molecule is Cc1ccc(-c2csc3nc(Cl)nc(N4c5ccccc5CC4C)c23)cc1C. The molecular formula is C23H20ClN3S. The molecule has 0 N–H and O–H groups in total. The van der Waals surface area contributed by atoms with Crippen LogP contribution < -0.4 is 4.90 Å². The van der Waals surface area contributed by atoms with Gasteiger partial charge in [-0.1, -0.05) is 36.4 Å². The first-order valence-electron chi connectivity index (χ1n) is 9.42. The number of nitrogens with zero attached hydrogens (tertiary/aromatic N) is 3. The summed E-state index contributed by atoms with van der Waals surface area (Å²) >= 11 is 7.96. The largest absolute Gasteiger partial charge is 0.322 e. The number of thiophene rings is 1. The Morgan fingerprint density at radius 3 is 2.71 bits per heavy atom. The molecule has 0 saturated heterocycles. The van der Waals surface area contributed by atoms with Gasteiger partial charge in [0.15, 0.2) is 0 Å². The van der Waals surface area contributed by atoms with Gasteiger partial charge in [0.1, 0.15) is 10.6 Å². The third kappa shape index (κ3) is 2.71. The highest BCUT2D eigenvalue weighted by Crippen LogP contribution is 2.45. The zero-order chi connectivity index (χ0) is 19.4. The molecule has 5 heteroatoms. The van der Waals surface area contributed by atoms with E-state index >= 15 is 0 Å². The van der Waals surface area contributed by atoms with Crippen LogP contribution in [0, 0.1) is 13.8 Å². The Kier molecular flexibility index (Phi) is 4.14. The van der Waals surface area contributed by atoms with Crippen LogP contribution in [-0.4, -0.2) is 16.0 Å². The number of fused-ring (bicyclic) bond motifs is 2. The van der Waals surface area contributed by atoms with Crippen molar-refractivity contribution in [1.29, 1.82) is 0 Å². The van der Waals surface area contributed by atoms with Gasteiger partial charge in [-0.3, -0.25) is 0 Å². The van der Waals surface area contributed by atoms with E-state index in [4.69, 9.17) is 16.6 Å².